The molecular formula is C20H18ClFN2O3. The van der Waals surface area contributed by atoms with Crippen LogP contribution in [0.25, 0.3) is 11.3 Å². The van der Waals surface area contributed by atoms with Crippen LogP contribution in [-0.2, 0) is 9.53 Å². The highest BCUT2D eigenvalue weighted by Crippen LogP contribution is 2.34. The van der Waals surface area contributed by atoms with E-state index < -0.39 is 11.7 Å². The van der Waals surface area contributed by atoms with Crippen LogP contribution < -0.4 is 5.32 Å². The zero-order valence-electron chi connectivity index (χ0n) is 14.7. The zero-order chi connectivity index (χ0) is 19.4. The average molecular weight is 389 g/mol. The molecule has 1 atom stereocenters. The smallest absolute Gasteiger partial charge is 0.231 e. The molecule has 1 N–H and O–H groups in total. The molecule has 0 saturated carbocycles. The van der Waals surface area contributed by atoms with E-state index in [9.17, 15) is 9.18 Å². The molecule has 1 aromatic carbocycles. The van der Waals surface area contributed by atoms with Crippen LogP contribution in [0.4, 0.5) is 10.1 Å². The van der Waals surface area contributed by atoms with Crippen molar-refractivity contribution in [2.45, 2.75) is 13.3 Å². The Morgan fingerprint density at radius 2 is 2.30 bits per heavy atom. The van der Waals surface area contributed by atoms with Crippen LogP contribution in [0, 0.1) is 11.7 Å². The lowest BCUT2D eigenvalue weighted by atomic mass is 9.96. The maximum atomic E-state index is 14.4. The number of carbonyl (C=O) groups is 1. The molecule has 140 valence electrons. The van der Waals surface area contributed by atoms with Crippen molar-refractivity contribution in [2.24, 2.45) is 5.92 Å². The fraction of sp³-hybridized carbons (Fsp3) is 0.200. The normalized spacial score (nSPS) is 18.7. The number of anilines is 1. The molecule has 1 unspecified atom stereocenters. The second kappa shape index (κ2) is 8.22. The third kappa shape index (κ3) is 4.28. The molecule has 1 aliphatic heterocycles. The fourth-order valence-electron chi connectivity index (χ4n) is 2.73. The lowest BCUT2D eigenvalue weighted by molar-refractivity contribution is -0.121. The Labute approximate surface area is 161 Å². The van der Waals surface area contributed by atoms with E-state index in [0.717, 1.165) is 5.57 Å². The van der Waals surface area contributed by atoms with Gasteiger partial charge >= 0.3 is 0 Å². The summed E-state index contributed by atoms with van der Waals surface area (Å²) in [5.74, 6) is -0.439. The Bertz CT molecular complexity index is 896. The molecule has 1 saturated heterocycles. The number of benzene rings is 1. The van der Waals surface area contributed by atoms with Crippen molar-refractivity contribution in [2.75, 3.05) is 11.9 Å². The summed E-state index contributed by atoms with van der Waals surface area (Å²) in [4.78, 5) is 16.3. The molecule has 3 rings (SSSR count). The number of rotatable bonds is 4. The second-order valence-electron chi connectivity index (χ2n) is 6.04. The molecular weight excluding hydrogens is 371 g/mol. The van der Waals surface area contributed by atoms with Gasteiger partial charge in [0.1, 0.15) is 18.2 Å². The third-order valence-electron chi connectivity index (χ3n) is 4.08. The number of halogens is 2. The van der Waals surface area contributed by atoms with E-state index in [0.29, 0.717) is 12.2 Å². The monoisotopic (exact) mass is 388 g/mol. The van der Waals surface area contributed by atoms with Crippen LogP contribution >= 0.6 is 11.6 Å². The molecule has 2 aromatic rings. The van der Waals surface area contributed by atoms with Gasteiger partial charge in [0.25, 0.3) is 0 Å². The van der Waals surface area contributed by atoms with Crippen LogP contribution in [0.1, 0.15) is 13.3 Å². The number of carbonyl (C=O) groups excluding carboxylic acids is 1. The maximum absolute atomic E-state index is 14.4. The van der Waals surface area contributed by atoms with Crippen LogP contribution in [-0.4, -0.2) is 17.5 Å². The Morgan fingerprint density at radius 1 is 1.48 bits per heavy atom. The maximum Gasteiger partial charge on any atom is 0.231 e. The molecule has 2 heterocycles. The van der Waals surface area contributed by atoms with Crippen LogP contribution in [0.15, 0.2) is 65.3 Å². The summed E-state index contributed by atoms with van der Waals surface area (Å²) in [6.45, 7) is 6.07. The first-order valence-electron chi connectivity index (χ1n) is 8.32. The van der Waals surface area contributed by atoms with Gasteiger partial charge in [-0.05, 0) is 37.1 Å². The van der Waals surface area contributed by atoms with Gasteiger partial charge in [0.05, 0.1) is 22.7 Å². The summed E-state index contributed by atoms with van der Waals surface area (Å²) in [7, 11) is 0. The van der Waals surface area contributed by atoms with Crippen LogP contribution in [0.2, 0.25) is 5.02 Å². The van der Waals surface area contributed by atoms with Gasteiger partial charge in [-0.2, -0.15) is 0 Å². The van der Waals surface area contributed by atoms with Crippen molar-refractivity contribution in [1.82, 2.24) is 4.98 Å². The minimum Gasteiger partial charge on any atom is -0.492 e. The first-order chi connectivity index (χ1) is 13.0. The number of hydrogen-bond donors (Lipinski definition) is 1. The Balaban J connectivity index is 1.71. The van der Waals surface area contributed by atoms with Gasteiger partial charge < -0.3 is 14.5 Å². The molecule has 1 aromatic heterocycles. The minimum absolute atomic E-state index is 0.0975. The molecule has 0 bridgehead atoms. The third-order valence-corrected chi connectivity index (χ3v) is 4.38. The molecule has 7 heteroatoms. The number of hydrogen-bond acceptors (Lipinski definition) is 4. The fourth-order valence-corrected chi connectivity index (χ4v) is 3.03. The Kier molecular flexibility index (Phi) is 5.76. The van der Waals surface area contributed by atoms with Gasteiger partial charge in [-0.3, -0.25) is 4.79 Å². The Morgan fingerprint density at radius 3 is 2.93 bits per heavy atom. The predicted octanol–water partition coefficient (Wildman–Crippen LogP) is 5.13. The quantitative estimate of drug-likeness (QED) is 0.789. The van der Waals surface area contributed by atoms with E-state index in [-0.39, 0.29) is 34.5 Å². The summed E-state index contributed by atoms with van der Waals surface area (Å²) in [5, 5.41) is 2.79. The number of nitrogens with zero attached hydrogens (tertiary/aromatic N) is 1. The van der Waals surface area contributed by atoms with E-state index in [4.69, 9.17) is 20.8 Å². The minimum atomic E-state index is -0.615. The first-order valence-corrected chi connectivity index (χ1v) is 8.70. The van der Waals surface area contributed by atoms with Crippen molar-refractivity contribution < 1.29 is 18.3 Å². The largest absolute Gasteiger partial charge is 0.492 e. The SMILES string of the molecule is C=C1CC(C(=O)Nc2cc(F)c(-c3cnco3)c(Cl)c2)CO/C1=C/C=C\C. The van der Waals surface area contributed by atoms with Crippen LogP contribution in [0.5, 0.6) is 0 Å². The molecule has 1 fully saturated rings. The van der Waals surface area contributed by atoms with Crippen molar-refractivity contribution >= 4 is 23.2 Å². The predicted molar refractivity (Wildman–Crippen MR) is 102 cm³/mol. The van der Waals surface area contributed by atoms with E-state index in [2.05, 4.69) is 16.9 Å². The average Bonchev–Trinajstić information content (AvgIpc) is 3.14. The number of oxazole rings is 1. The van der Waals surface area contributed by atoms with Crippen molar-refractivity contribution in [3.63, 3.8) is 0 Å². The standard InChI is InChI=1S/C20H18ClFN2O3/c1-3-4-5-17-12(2)6-13(10-26-17)20(25)24-14-7-15(21)19(16(22)8-14)18-9-23-11-27-18/h3-5,7-9,11,13H,2,6,10H2,1H3,(H,24,25)/b4-3-,17-5+. The lowest BCUT2D eigenvalue weighted by Gasteiger charge is -2.26. The number of nitrogens with one attached hydrogen (secondary N) is 1. The lowest BCUT2D eigenvalue weighted by Crippen LogP contribution is -2.30. The summed E-state index contributed by atoms with van der Waals surface area (Å²) in [5.41, 5.74) is 1.09. The van der Waals surface area contributed by atoms with Gasteiger partial charge in [0, 0.05) is 5.69 Å². The molecule has 0 radical (unpaired) electrons. The molecule has 1 aliphatic rings. The summed E-state index contributed by atoms with van der Waals surface area (Å²) < 4.78 is 25.1. The summed E-state index contributed by atoms with van der Waals surface area (Å²) in [6.07, 6.45) is 8.56. The summed E-state index contributed by atoms with van der Waals surface area (Å²) in [6, 6.07) is 2.66. The van der Waals surface area contributed by atoms with Crippen molar-refractivity contribution in [3.05, 3.63) is 71.7 Å². The highest BCUT2D eigenvalue weighted by atomic mass is 35.5. The topological polar surface area (TPSA) is 64.4 Å². The molecule has 0 aliphatic carbocycles. The number of allylic oxidation sites excluding steroid dienone is 4. The highest BCUT2D eigenvalue weighted by Gasteiger charge is 2.27. The zero-order valence-corrected chi connectivity index (χ0v) is 15.4. The number of aromatic nitrogens is 1. The van der Waals surface area contributed by atoms with E-state index >= 15 is 0 Å². The van der Waals surface area contributed by atoms with Crippen molar-refractivity contribution in [3.8, 4) is 11.3 Å². The number of amides is 1. The van der Waals surface area contributed by atoms with Gasteiger partial charge in [-0.15, -0.1) is 0 Å². The second-order valence-corrected chi connectivity index (χ2v) is 6.45. The molecule has 0 spiro atoms. The van der Waals surface area contributed by atoms with E-state index in [1.165, 1.54) is 24.7 Å². The summed E-state index contributed by atoms with van der Waals surface area (Å²) >= 11 is 6.15. The first kappa shape index (κ1) is 18.9. The molecule has 5 nitrogen and oxygen atoms in total. The van der Waals surface area contributed by atoms with Gasteiger partial charge in [-0.1, -0.05) is 30.3 Å². The highest BCUT2D eigenvalue weighted by molar-refractivity contribution is 6.33. The molecule has 27 heavy (non-hydrogen) atoms. The van der Waals surface area contributed by atoms with Crippen LogP contribution in [0.3, 0.4) is 0 Å². The van der Waals surface area contributed by atoms with E-state index in [1.807, 2.05) is 25.2 Å². The van der Waals surface area contributed by atoms with Crippen molar-refractivity contribution in [1.29, 1.82) is 0 Å². The van der Waals surface area contributed by atoms with Gasteiger partial charge in [0.2, 0.25) is 5.91 Å². The van der Waals surface area contributed by atoms with E-state index in [1.54, 1.807) is 0 Å². The Hall–Kier alpha value is -2.86. The van der Waals surface area contributed by atoms with Gasteiger partial charge in [-0.25, -0.2) is 9.37 Å². The molecule has 1 amide bonds. The van der Waals surface area contributed by atoms with Gasteiger partial charge in [0.15, 0.2) is 12.2 Å². The number of ether oxygens (including phenoxy) is 1.